The van der Waals surface area contributed by atoms with Crippen molar-refractivity contribution in [1.29, 1.82) is 0 Å². The quantitative estimate of drug-likeness (QED) is 0.691. The van der Waals surface area contributed by atoms with Gasteiger partial charge in [-0.2, -0.15) is 0 Å². The molecule has 1 amide bonds. The van der Waals surface area contributed by atoms with E-state index in [4.69, 9.17) is 0 Å². The van der Waals surface area contributed by atoms with E-state index in [9.17, 15) is 13.2 Å². The van der Waals surface area contributed by atoms with Gasteiger partial charge in [0.15, 0.2) is 0 Å². The van der Waals surface area contributed by atoms with E-state index in [1.54, 1.807) is 11.6 Å². The molecule has 0 spiro atoms. The van der Waals surface area contributed by atoms with E-state index in [0.29, 0.717) is 24.3 Å². The second kappa shape index (κ2) is 7.32. The zero-order chi connectivity index (χ0) is 21.6. The zero-order valence-corrected chi connectivity index (χ0v) is 18.4. The molecule has 0 radical (unpaired) electrons. The lowest BCUT2D eigenvalue weighted by Gasteiger charge is -2.18. The Morgan fingerprint density at radius 1 is 1.03 bits per heavy atom. The Kier molecular flexibility index (Phi) is 4.94. The van der Waals surface area contributed by atoms with Crippen LogP contribution < -0.4 is 9.62 Å². The molecule has 0 fully saturated rings. The van der Waals surface area contributed by atoms with Gasteiger partial charge in [0.1, 0.15) is 10.6 Å². The second-order valence-corrected chi connectivity index (χ2v) is 9.72. The first-order valence-electron chi connectivity index (χ1n) is 9.84. The second-order valence-electron chi connectivity index (χ2n) is 7.86. The highest BCUT2D eigenvalue weighted by atomic mass is 32.2. The average molecular weight is 424 g/mol. The summed E-state index contributed by atoms with van der Waals surface area (Å²) < 4.78 is 29.5. The molecule has 0 saturated heterocycles. The van der Waals surface area contributed by atoms with Gasteiger partial charge in [0, 0.05) is 25.5 Å². The molecule has 2 heterocycles. The molecule has 6 nitrogen and oxygen atoms in total. The number of benzene rings is 2. The lowest BCUT2D eigenvalue weighted by Crippen LogP contribution is -2.28. The maximum absolute atomic E-state index is 13.3. The molecule has 1 aliphatic heterocycles. The van der Waals surface area contributed by atoms with Crippen LogP contribution in [0.3, 0.4) is 0 Å². The number of sulfonamides is 1. The predicted octanol–water partition coefficient (Wildman–Crippen LogP) is 3.95. The molecule has 3 aromatic rings. The van der Waals surface area contributed by atoms with Crippen molar-refractivity contribution >= 4 is 27.3 Å². The highest BCUT2D eigenvalue weighted by Crippen LogP contribution is 2.33. The molecule has 0 atom stereocenters. The molecule has 1 aromatic heterocycles. The first kappa shape index (κ1) is 20.2. The topological polar surface area (TPSA) is 71.4 Å². The van der Waals surface area contributed by atoms with Gasteiger partial charge < -0.3 is 9.88 Å². The summed E-state index contributed by atoms with van der Waals surface area (Å²) in [6.45, 7) is 6.30. The summed E-state index contributed by atoms with van der Waals surface area (Å²) in [5.74, 6) is -0.337. The van der Waals surface area contributed by atoms with Gasteiger partial charge in [-0.25, -0.2) is 8.42 Å². The molecule has 0 bridgehead atoms. The number of para-hydroxylation sites is 1. The van der Waals surface area contributed by atoms with E-state index in [2.05, 4.69) is 5.32 Å². The van der Waals surface area contributed by atoms with E-state index >= 15 is 0 Å². The fourth-order valence-electron chi connectivity index (χ4n) is 4.14. The van der Waals surface area contributed by atoms with Crippen LogP contribution in [0, 0.1) is 20.8 Å². The van der Waals surface area contributed by atoms with Crippen LogP contribution in [0.15, 0.2) is 53.6 Å². The highest BCUT2D eigenvalue weighted by molar-refractivity contribution is 7.92. The number of anilines is 2. The Hall–Kier alpha value is -3.06. The number of fused-ring (bicyclic) bond motifs is 1. The van der Waals surface area contributed by atoms with Gasteiger partial charge in [0.25, 0.3) is 15.9 Å². The number of rotatable bonds is 4. The normalized spacial score (nSPS) is 13.4. The van der Waals surface area contributed by atoms with Gasteiger partial charge >= 0.3 is 0 Å². The van der Waals surface area contributed by atoms with Crippen molar-refractivity contribution in [1.82, 2.24) is 4.57 Å². The number of nitrogens with zero attached hydrogens (tertiary/aromatic N) is 2. The van der Waals surface area contributed by atoms with Gasteiger partial charge in [-0.05, 0) is 56.0 Å². The fraction of sp³-hybridized carbons (Fsp3) is 0.261. The molecule has 4 rings (SSSR count). The van der Waals surface area contributed by atoms with Crippen molar-refractivity contribution in [2.75, 3.05) is 16.2 Å². The number of hydrogen-bond donors (Lipinski definition) is 1. The number of carbonyl (C=O) groups is 1. The summed E-state index contributed by atoms with van der Waals surface area (Å²) in [4.78, 5) is 13.1. The molecule has 156 valence electrons. The van der Waals surface area contributed by atoms with Crippen molar-refractivity contribution in [3.05, 3.63) is 76.6 Å². The molecule has 1 aliphatic rings. The maximum atomic E-state index is 13.3. The van der Waals surface area contributed by atoms with Gasteiger partial charge in [-0.15, -0.1) is 0 Å². The number of carbonyl (C=O) groups excluding carboxylic acids is 1. The monoisotopic (exact) mass is 423 g/mol. The van der Waals surface area contributed by atoms with Crippen LogP contribution >= 0.6 is 0 Å². The Balaban J connectivity index is 1.65. The summed E-state index contributed by atoms with van der Waals surface area (Å²) in [6, 6.07) is 13.0. The van der Waals surface area contributed by atoms with Gasteiger partial charge in [0.05, 0.1) is 5.69 Å². The summed E-state index contributed by atoms with van der Waals surface area (Å²) >= 11 is 0. The number of nitrogens with one attached hydrogen (secondary N) is 1. The summed E-state index contributed by atoms with van der Waals surface area (Å²) in [5.41, 5.74) is 5.83. The molecule has 7 heteroatoms. The molecule has 1 N–H and O–H groups in total. The van der Waals surface area contributed by atoms with Crippen molar-refractivity contribution in [2.45, 2.75) is 32.1 Å². The molecule has 2 aromatic carbocycles. The molecular formula is C23H25N3O3S. The number of amides is 1. The van der Waals surface area contributed by atoms with Crippen LogP contribution in [-0.4, -0.2) is 25.4 Å². The summed E-state index contributed by atoms with van der Waals surface area (Å²) in [7, 11) is -2.07. The molecule has 30 heavy (non-hydrogen) atoms. The van der Waals surface area contributed by atoms with Crippen LogP contribution in [0.4, 0.5) is 11.4 Å². The van der Waals surface area contributed by atoms with E-state index in [1.165, 1.54) is 16.6 Å². The minimum absolute atomic E-state index is 0.115. The van der Waals surface area contributed by atoms with Crippen LogP contribution in [-0.2, 0) is 23.5 Å². The Morgan fingerprint density at radius 3 is 2.40 bits per heavy atom. The van der Waals surface area contributed by atoms with Crippen molar-refractivity contribution in [3.8, 4) is 0 Å². The van der Waals surface area contributed by atoms with E-state index in [-0.39, 0.29) is 10.8 Å². The summed E-state index contributed by atoms with van der Waals surface area (Å²) in [5, 5.41) is 2.94. The third-order valence-electron chi connectivity index (χ3n) is 5.56. The lowest BCUT2D eigenvalue weighted by molar-refractivity contribution is 0.101. The van der Waals surface area contributed by atoms with Gasteiger partial charge in [-0.3, -0.25) is 9.10 Å². The zero-order valence-electron chi connectivity index (χ0n) is 17.6. The third kappa shape index (κ3) is 3.39. The minimum Gasteiger partial charge on any atom is -0.345 e. The Bertz CT molecular complexity index is 1240. The third-order valence-corrected chi connectivity index (χ3v) is 7.34. The standard InChI is InChI=1S/C23H25N3O3S/c1-15-11-16(2)22(17(3)12-15)24-23(27)21-13-19(14-25(21)4)30(28,29)26-10-9-18-7-5-6-8-20(18)26/h5-8,11-14H,9-10H2,1-4H3,(H,24,27). The first-order chi connectivity index (χ1) is 14.2. The Morgan fingerprint density at radius 2 is 1.70 bits per heavy atom. The molecule has 0 saturated carbocycles. The predicted molar refractivity (Wildman–Crippen MR) is 119 cm³/mol. The first-order valence-corrected chi connectivity index (χ1v) is 11.3. The van der Waals surface area contributed by atoms with E-state index < -0.39 is 10.0 Å². The smallest absolute Gasteiger partial charge is 0.272 e. The minimum atomic E-state index is -3.75. The van der Waals surface area contributed by atoms with Crippen molar-refractivity contribution < 1.29 is 13.2 Å². The lowest BCUT2D eigenvalue weighted by atomic mass is 10.1. The van der Waals surface area contributed by atoms with Crippen LogP contribution in [0.2, 0.25) is 0 Å². The number of hydrogen-bond acceptors (Lipinski definition) is 3. The van der Waals surface area contributed by atoms with E-state index in [0.717, 1.165) is 27.9 Å². The SMILES string of the molecule is Cc1cc(C)c(NC(=O)c2cc(S(=O)(=O)N3CCc4ccccc43)cn2C)c(C)c1. The van der Waals surface area contributed by atoms with Crippen LogP contribution in [0.5, 0.6) is 0 Å². The van der Waals surface area contributed by atoms with Gasteiger partial charge in [0.2, 0.25) is 0 Å². The maximum Gasteiger partial charge on any atom is 0.272 e. The number of aryl methyl sites for hydroxylation is 4. The van der Waals surface area contributed by atoms with Crippen LogP contribution in [0.25, 0.3) is 0 Å². The molecular weight excluding hydrogens is 398 g/mol. The summed E-state index contributed by atoms with van der Waals surface area (Å²) in [6.07, 6.45) is 2.18. The van der Waals surface area contributed by atoms with Crippen molar-refractivity contribution in [2.24, 2.45) is 7.05 Å². The molecule has 0 unspecified atom stereocenters. The average Bonchev–Trinajstić information content (AvgIpc) is 3.29. The van der Waals surface area contributed by atoms with E-state index in [1.807, 2.05) is 57.2 Å². The van der Waals surface area contributed by atoms with Gasteiger partial charge in [-0.1, -0.05) is 35.9 Å². The largest absolute Gasteiger partial charge is 0.345 e. The van der Waals surface area contributed by atoms with Crippen LogP contribution in [0.1, 0.15) is 32.7 Å². The number of aromatic nitrogens is 1. The Labute approximate surface area is 177 Å². The molecule has 0 aliphatic carbocycles. The fourth-order valence-corrected chi connectivity index (χ4v) is 5.72. The highest BCUT2D eigenvalue weighted by Gasteiger charge is 2.32. The van der Waals surface area contributed by atoms with Crippen molar-refractivity contribution in [3.63, 3.8) is 0 Å².